The van der Waals surface area contributed by atoms with Crippen molar-refractivity contribution in [2.75, 3.05) is 16.2 Å². The summed E-state index contributed by atoms with van der Waals surface area (Å²) in [5, 5.41) is 11.8. The third kappa shape index (κ3) is 5.31. The number of benzene rings is 3. The summed E-state index contributed by atoms with van der Waals surface area (Å²) in [4.78, 5) is 24.2. The molecule has 0 saturated heterocycles. The number of para-hydroxylation sites is 1. The molecule has 0 aliphatic rings. The summed E-state index contributed by atoms with van der Waals surface area (Å²) in [5.41, 5.74) is 1.19. The molecular weight excluding hydrogens is 484 g/mol. The Morgan fingerprint density at radius 2 is 1.58 bits per heavy atom. The van der Waals surface area contributed by atoms with Gasteiger partial charge >= 0.3 is 5.97 Å². The minimum Gasteiger partial charge on any atom is -0.478 e. The number of halogens is 1. The van der Waals surface area contributed by atoms with Gasteiger partial charge in [-0.05, 0) is 55.5 Å². The number of aryl methyl sites for hydroxylation is 1. The van der Waals surface area contributed by atoms with Gasteiger partial charge in [-0.3, -0.25) is 9.10 Å². The van der Waals surface area contributed by atoms with Crippen LogP contribution < -0.4 is 9.62 Å². The third-order valence-corrected chi connectivity index (χ3v) is 6.76. The van der Waals surface area contributed by atoms with Gasteiger partial charge in [-0.15, -0.1) is 0 Å². The monoisotopic (exact) mass is 502 g/mol. The number of hydrogen-bond acceptors (Lipinski definition) is 4. The molecule has 0 heterocycles. The Labute approximate surface area is 188 Å². The predicted molar refractivity (Wildman–Crippen MR) is 122 cm³/mol. The number of rotatable bonds is 7. The van der Waals surface area contributed by atoms with Crippen molar-refractivity contribution in [2.24, 2.45) is 0 Å². The van der Waals surface area contributed by atoms with Gasteiger partial charge in [0, 0.05) is 4.47 Å². The minimum atomic E-state index is -4.06. The van der Waals surface area contributed by atoms with E-state index in [1.54, 1.807) is 42.5 Å². The molecule has 0 bridgehead atoms. The van der Waals surface area contributed by atoms with Crippen LogP contribution in [-0.4, -0.2) is 31.9 Å². The van der Waals surface area contributed by atoms with Gasteiger partial charge in [-0.25, -0.2) is 13.2 Å². The number of amides is 1. The number of carbonyl (C=O) groups is 2. The number of nitrogens with one attached hydrogen (secondary N) is 1. The van der Waals surface area contributed by atoms with E-state index in [0.717, 1.165) is 14.3 Å². The van der Waals surface area contributed by atoms with Crippen LogP contribution in [0.2, 0.25) is 0 Å². The van der Waals surface area contributed by atoms with E-state index in [2.05, 4.69) is 21.2 Å². The number of nitrogens with zero attached hydrogens (tertiary/aromatic N) is 1. The average molecular weight is 503 g/mol. The van der Waals surface area contributed by atoms with Gasteiger partial charge in [0.2, 0.25) is 5.91 Å². The number of carboxylic acids is 1. The van der Waals surface area contributed by atoms with Crippen molar-refractivity contribution in [3.05, 3.63) is 88.4 Å². The van der Waals surface area contributed by atoms with Crippen LogP contribution in [0.3, 0.4) is 0 Å². The molecule has 0 spiro atoms. The van der Waals surface area contributed by atoms with Crippen molar-refractivity contribution in [1.29, 1.82) is 0 Å². The second-order valence-corrected chi connectivity index (χ2v) is 9.48. The van der Waals surface area contributed by atoms with Crippen molar-refractivity contribution in [3.63, 3.8) is 0 Å². The van der Waals surface area contributed by atoms with E-state index in [-0.39, 0.29) is 16.1 Å². The van der Waals surface area contributed by atoms with Crippen molar-refractivity contribution in [3.8, 4) is 0 Å². The molecule has 3 aromatic rings. The molecule has 9 heteroatoms. The van der Waals surface area contributed by atoms with Crippen LogP contribution in [0.1, 0.15) is 15.9 Å². The molecule has 160 valence electrons. The summed E-state index contributed by atoms with van der Waals surface area (Å²) in [5.74, 6) is -1.87. The Hall–Kier alpha value is -3.17. The normalized spacial score (nSPS) is 11.0. The standard InChI is InChI=1S/C22H19BrN2O5S/c1-15-6-12-18(13-7-15)31(29,30)25(17-10-8-16(23)9-11-17)14-21(26)24-20-5-3-2-4-19(20)22(27)28/h2-13H,14H2,1H3,(H,24,26)(H,27,28). The first-order chi connectivity index (χ1) is 14.7. The van der Waals surface area contributed by atoms with Gasteiger partial charge in [0.25, 0.3) is 10.0 Å². The number of aromatic carboxylic acids is 1. The van der Waals surface area contributed by atoms with Gasteiger partial charge in [-0.2, -0.15) is 0 Å². The lowest BCUT2D eigenvalue weighted by molar-refractivity contribution is -0.114. The first-order valence-corrected chi connectivity index (χ1v) is 11.4. The second-order valence-electron chi connectivity index (χ2n) is 6.70. The summed E-state index contributed by atoms with van der Waals surface area (Å²) < 4.78 is 28.4. The maximum absolute atomic E-state index is 13.3. The summed E-state index contributed by atoms with van der Waals surface area (Å²) >= 11 is 3.31. The molecule has 0 aliphatic carbocycles. The Morgan fingerprint density at radius 3 is 2.19 bits per heavy atom. The average Bonchev–Trinajstić information content (AvgIpc) is 2.73. The van der Waals surface area contributed by atoms with Crippen LogP contribution in [0.25, 0.3) is 0 Å². The lowest BCUT2D eigenvalue weighted by atomic mass is 10.2. The zero-order valence-electron chi connectivity index (χ0n) is 16.4. The van der Waals surface area contributed by atoms with Crippen LogP contribution >= 0.6 is 15.9 Å². The molecule has 2 N–H and O–H groups in total. The summed E-state index contributed by atoms with van der Waals surface area (Å²) in [6.45, 7) is 1.31. The molecule has 0 aliphatic heterocycles. The van der Waals surface area contributed by atoms with Crippen LogP contribution in [-0.2, 0) is 14.8 Å². The van der Waals surface area contributed by atoms with E-state index in [9.17, 15) is 23.1 Å². The van der Waals surface area contributed by atoms with E-state index >= 15 is 0 Å². The third-order valence-electron chi connectivity index (χ3n) is 4.44. The maximum atomic E-state index is 13.3. The van der Waals surface area contributed by atoms with E-state index in [1.165, 1.54) is 30.3 Å². The Bertz CT molecular complexity index is 1210. The maximum Gasteiger partial charge on any atom is 0.337 e. The van der Waals surface area contributed by atoms with Gasteiger partial charge in [-0.1, -0.05) is 45.8 Å². The molecule has 0 radical (unpaired) electrons. The van der Waals surface area contributed by atoms with Crippen LogP contribution in [0.5, 0.6) is 0 Å². The van der Waals surface area contributed by atoms with Crippen LogP contribution in [0.4, 0.5) is 11.4 Å². The smallest absolute Gasteiger partial charge is 0.337 e. The SMILES string of the molecule is Cc1ccc(S(=O)(=O)N(CC(=O)Nc2ccccc2C(=O)O)c2ccc(Br)cc2)cc1. The van der Waals surface area contributed by atoms with Crippen molar-refractivity contribution < 1.29 is 23.1 Å². The molecule has 0 fully saturated rings. The number of anilines is 2. The number of carbonyl (C=O) groups excluding carboxylic acids is 1. The fourth-order valence-electron chi connectivity index (χ4n) is 2.86. The molecule has 0 unspecified atom stereocenters. The predicted octanol–water partition coefficient (Wildman–Crippen LogP) is 4.29. The Balaban J connectivity index is 1.96. The van der Waals surface area contributed by atoms with Gasteiger partial charge in [0.1, 0.15) is 6.54 Å². The number of carboxylic acid groups (broad SMARTS) is 1. The summed E-state index contributed by atoms with van der Waals surface area (Å²) in [7, 11) is -4.06. The van der Waals surface area contributed by atoms with E-state index in [4.69, 9.17) is 0 Å². The van der Waals surface area contributed by atoms with E-state index in [0.29, 0.717) is 5.69 Å². The highest BCUT2D eigenvalue weighted by Gasteiger charge is 2.27. The van der Waals surface area contributed by atoms with Crippen LogP contribution in [0, 0.1) is 6.92 Å². The zero-order chi connectivity index (χ0) is 22.6. The lowest BCUT2D eigenvalue weighted by Gasteiger charge is -2.24. The molecule has 1 amide bonds. The van der Waals surface area contributed by atoms with Gasteiger partial charge in [0.15, 0.2) is 0 Å². The quantitative estimate of drug-likeness (QED) is 0.501. The van der Waals surface area contributed by atoms with E-state index < -0.39 is 28.4 Å². The summed E-state index contributed by atoms with van der Waals surface area (Å²) in [6, 6.07) is 18.7. The molecule has 7 nitrogen and oxygen atoms in total. The second kappa shape index (κ2) is 9.32. The highest BCUT2D eigenvalue weighted by molar-refractivity contribution is 9.10. The molecule has 0 aromatic heterocycles. The number of sulfonamides is 1. The van der Waals surface area contributed by atoms with Crippen molar-refractivity contribution in [2.45, 2.75) is 11.8 Å². The van der Waals surface area contributed by atoms with Gasteiger partial charge in [0.05, 0.1) is 21.8 Å². The molecule has 0 saturated carbocycles. The molecule has 3 aromatic carbocycles. The minimum absolute atomic E-state index is 0.0414. The van der Waals surface area contributed by atoms with Crippen LogP contribution in [0.15, 0.2) is 82.2 Å². The first-order valence-electron chi connectivity index (χ1n) is 9.15. The lowest BCUT2D eigenvalue weighted by Crippen LogP contribution is -2.38. The first kappa shape index (κ1) is 22.5. The fourth-order valence-corrected chi connectivity index (χ4v) is 4.54. The molecule has 3 rings (SSSR count). The van der Waals surface area contributed by atoms with Crippen molar-refractivity contribution >= 4 is 49.2 Å². The fraction of sp³-hybridized carbons (Fsp3) is 0.0909. The van der Waals surface area contributed by atoms with Gasteiger partial charge < -0.3 is 10.4 Å². The highest BCUT2D eigenvalue weighted by Crippen LogP contribution is 2.26. The van der Waals surface area contributed by atoms with Crippen molar-refractivity contribution in [1.82, 2.24) is 0 Å². The highest BCUT2D eigenvalue weighted by atomic mass is 79.9. The Morgan fingerprint density at radius 1 is 0.968 bits per heavy atom. The summed E-state index contributed by atoms with van der Waals surface area (Å²) in [6.07, 6.45) is 0. The largest absolute Gasteiger partial charge is 0.478 e. The number of hydrogen-bond donors (Lipinski definition) is 2. The molecule has 0 atom stereocenters. The van der Waals surface area contributed by atoms with E-state index in [1.807, 2.05) is 6.92 Å². The molecular formula is C22H19BrN2O5S. The Kier molecular flexibility index (Phi) is 6.77. The molecule has 31 heavy (non-hydrogen) atoms. The topological polar surface area (TPSA) is 104 Å². The zero-order valence-corrected chi connectivity index (χ0v) is 18.9.